The second-order valence-corrected chi connectivity index (χ2v) is 6.69. The average molecular weight is 336 g/mol. The highest BCUT2D eigenvalue weighted by molar-refractivity contribution is 7.09. The molecule has 1 aliphatic rings. The van der Waals surface area contributed by atoms with Crippen LogP contribution >= 0.6 is 11.3 Å². The summed E-state index contributed by atoms with van der Waals surface area (Å²) in [4.78, 5) is 30.5. The molecule has 8 heteroatoms. The Balaban J connectivity index is 1.78. The number of hydrogen-bond donors (Lipinski definition) is 0. The van der Waals surface area contributed by atoms with Crippen molar-refractivity contribution in [2.24, 2.45) is 14.1 Å². The Labute approximate surface area is 137 Å². The number of ether oxygens (including phenoxy) is 1. The zero-order valence-corrected chi connectivity index (χ0v) is 14.3. The third kappa shape index (κ3) is 3.29. The van der Waals surface area contributed by atoms with E-state index in [0.29, 0.717) is 25.4 Å². The van der Waals surface area contributed by atoms with Crippen molar-refractivity contribution >= 4 is 11.3 Å². The molecule has 0 amide bonds. The Kier molecular flexibility index (Phi) is 4.47. The standard InChI is InChI=1S/C15H20N4O3S/c1-10-9-23-14(16-10)12-8-19(4-5-22-12)7-11-6-13(20)18(3)15(21)17(11)2/h6,9,12H,4-5,7-8H2,1-3H3/t12-/m1/s1. The smallest absolute Gasteiger partial charge is 0.330 e. The molecule has 1 aliphatic heterocycles. The minimum absolute atomic E-state index is 0.0500. The number of morpholine rings is 1. The molecule has 3 heterocycles. The van der Waals surface area contributed by atoms with E-state index in [1.54, 1.807) is 18.4 Å². The van der Waals surface area contributed by atoms with Crippen molar-refractivity contribution in [2.45, 2.75) is 19.6 Å². The Morgan fingerprint density at radius 1 is 1.35 bits per heavy atom. The van der Waals surface area contributed by atoms with Gasteiger partial charge < -0.3 is 4.74 Å². The summed E-state index contributed by atoms with van der Waals surface area (Å²) in [5.74, 6) is 0. The molecule has 0 N–H and O–H groups in total. The van der Waals surface area contributed by atoms with Gasteiger partial charge in [0.2, 0.25) is 0 Å². The summed E-state index contributed by atoms with van der Waals surface area (Å²) in [6.45, 7) is 4.60. The first-order valence-electron chi connectivity index (χ1n) is 7.47. The van der Waals surface area contributed by atoms with Crippen molar-refractivity contribution in [1.29, 1.82) is 0 Å². The number of hydrogen-bond acceptors (Lipinski definition) is 6. The number of rotatable bonds is 3. The molecule has 1 atom stereocenters. The van der Waals surface area contributed by atoms with Gasteiger partial charge in [0.1, 0.15) is 11.1 Å². The number of thiazole rings is 1. The van der Waals surface area contributed by atoms with Crippen molar-refractivity contribution in [1.82, 2.24) is 19.0 Å². The summed E-state index contributed by atoms with van der Waals surface area (Å²) in [5.41, 5.74) is 1.14. The zero-order chi connectivity index (χ0) is 16.6. The van der Waals surface area contributed by atoms with Crippen LogP contribution in [-0.4, -0.2) is 38.7 Å². The monoisotopic (exact) mass is 336 g/mol. The molecule has 124 valence electrons. The van der Waals surface area contributed by atoms with Crippen LogP contribution in [0.25, 0.3) is 0 Å². The summed E-state index contributed by atoms with van der Waals surface area (Å²) >= 11 is 1.60. The van der Waals surface area contributed by atoms with Crippen molar-refractivity contribution < 1.29 is 4.74 Å². The molecule has 0 saturated carbocycles. The number of aryl methyl sites for hydroxylation is 1. The topological polar surface area (TPSA) is 69.4 Å². The summed E-state index contributed by atoms with van der Waals surface area (Å²) in [7, 11) is 3.18. The molecule has 0 radical (unpaired) electrons. The first-order chi connectivity index (χ1) is 11.0. The van der Waals surface area contributed by atoms with Crippen LogP contribution in [0, 0.1) is 6.92 Å². The Bertz CT molecular complexity index is 823. The van der Waals surface area contributed by atoms with E-state index in [0.717, 1.165) is 21.8 Å². The van der Waals surface area contributed by atoms with E-state index in [-0.39, 0.29) is 17.4 Å². The molecule has 0 aromatic carbocycles. The van der Waals surface area contributed by atoms with Gasteiger partial charge in [0.05, 0.1) is 6.61 Å². The van der Waals surface area contributed by atoms with E-state index in [9.17, 15) is 9.59 Å². The summed E-state index contributed by atoms with van der Waals surface area (Å²) in [6.07, 6.45) is -0.0500. The van der Waals surface area contributed by atoms with Crippen LogP contribution in [0.1, 0.15) is 22.5 Å². The highest BCUT2D eigenvalue weighted by Gasteiger charge is 2.25. The number of aromatic nitrogens is 3. The summed E-state index contributed by atoms with van der Waals surface area (Å²) in [5, 5.41) is 2.99. The lowest BCUT2D eigenvalue weighted by atomic mass is 10.2. The molecular weight excluding hydrogens is 316 g/mol. The molecule has 0 spiro atoms. The molecule has 0 aliphatic carbocycles. The SMILES string of the molecule is Cc1csc([C@H]2CN(Cc3cc(=O)n(C)c(=O)n3C)CCO2)n1. The van der Waals surface area contributed by atoms with Crippen LogP contribution in [0.15, 0.2) is 21.0 Å². The summed E-state index contributed by atoms with van der Waals surface area (Å²) in [6, 6.07) is 1.53. The van der Waals surface area contributed by atoms with Gasteiger partial charge in [-0.25, -0.2) is 9.78 Å². The van der Waals surface area contributed by atoms with Gasteiger partial charge >= 0.3 is 5.69 Å². The third-order valence-corrected chi connectivity index (χ3v) is 5.13. The largest absolute Gasteiger partial charge is 0.368 e. The molecule has 1 fully saturated rings. The highest BCUT2D eigenvalue weighted by Crippen LogP contribution is 2.25. The fourth-order valence-corrected chi connectivity index (χ4v) is 3.51. The van der Waals surface area contributed by atoms with Gasteiger partial charge in [0, 0.05) is 56.6 Å². The maximum atomic E-state index is 12.0. The minimum Gasteiger partial charge on any atom is -0.368 e. The molecule has 7 nitrogen and oxygen atoms in total. The van der Waals surface area contributed by atoms with E-state index in [1.807, 2.05) is 12.3 Å². The van der Waals surface area contributed by atoms with Crippen molar-refractivity contribution in [3.63, 3.8) is 0 Å². The van der Waals surface area contributed by atoms with Gasteiger partial charge in [0.25, 0.3) is 5.56 Å². The van der Waals surface area contributed by atoms with Crippen LogP contribution in [0.3, 0.4) is 0 Å². The first-order valence-corrected chi connectivity index (χ1v) is 8.35. The molecule has 2 aromatic heterocycles. The van der Waals surface area contributed by atoms with Gasteiger partial charge in [-0.2, -0.15) is 0 Å². The molecule has 3 rings (SSSR count). The van der Waals surface area contributed by atoms with Crippen LogP contribution < -0.4 is 11.2 Å². The van der Waals surface area contributed by atoms with Gasteiger partial charge in [-0.15, -0.1) is 11.3 Å². The van der Waals surface area contributed by atoms with E-state index < -0.39 is 0 Å². The highest BCUT2D eigenvalue weighted by atomic mass is 32.1. The first kappa shape index (κ1) is 16.1. The fourth-order valence-electron chi connectivity index (χ4n) is 2.67. The van der Waals surface area contributed by atoms with Crippen LogP contribution in [-0.2, 0) is 25.4 Å². The van der Waals surface area contributed by atoms with Crippen LogP contribution in [0.2, 0.25) is 0 Å². The predicted molar refractivity (Wildman–Crippen MR) is 87.7 cm³/mol. The van der Waals surface area contributed by atoms with E-state index in [2.05, 4.69) is 9.88 Å². The molecule has 2 aromatic rings. The van der Waals surface area contributed by atoms with E-state index >= 15 is 0 Å². The maximum Gasteiger partial charge on any atom is 0.330 e. The second-order valence-electron chi connectivity index (χ2n) is 5.80. The van der Waals surface area contributed by atoms with Crippen molar-refractivity contribution in [3.8, 4) is 0 Å². The average Bonchev–Trinajstić information content (AvgIpc) is 2.97. The lowest BCUT2D eigenvalue weighted by Gasteiger charge is -2.32. The minimum atomic E-state index is -0.298. The zero-order valence-electron chi connectivity index (χ0n) is 13.5. The van der Waals surface area contributed by atoms with Crippen molar-refractivity contribution in [2.75, 3.05) is 19.7 Å². The van der Waals surface area contributed by atoms with Crippen LogP contribution in [0.5, 0.6) is 0 Å². The fraction of sp³-hybridized carbons (Fsp3) is 0.533. The Hall–Kier alpha value is -1.77. The Morgan fingerprint density at radius 2 is 2.13 bits per heavy atom. The van der Waals surface area contributed by atoms with Gasteiger partial charge in [0.15, 0.2) is 0 Å². The van der Waals surface area contributed by atoms with Crippen LogP contribution in [0.4, 0.5) is 0 Å². The quantitative estimate of drug-likeness (QED) is 0.813. The lowest BCUT2D eigenvalue weighted by molar-refractivity contribution is -0.0337. The molecule has 23 heavy (non-hydrogen) atoms. The Morgan fingerprint density at radius 3 is 2.83 bits per heavy atom. The molecule has 0 unspecified atom stereocenters. The number of nitrogens with zero attached hydrogens (tertiary/aromatic N) is 4. The van der Waals surface area contributed by atoms with Gasteiger partial charge in [-0.3, -0.25) is 18.8 Å². The maximum absolute atomic E-state index is 12.0. The van der Waals surface area contributed by atoms with E-state index in [4.69, 9.17) is 4.74 Å². The van der Waals surface area contributed by atoms with Crippen molar-refractivity contribution in [3.05, 3.63) is 48.7 Å². The molecule has 1 saturated heterocycles. The van der Waals surface area contributed by atoms with Gasteiger partial charge in [-0.05, 0) is 6.92 Å². The predicted octanol–water partition coefficient (Wildman–Crippen LogP) is 0.422. The second kappa shape index (κ2) is 6.38. The molecular formula is C15H20N4O3S. The molecule has 0 bridgehead atoms. The third-order valence-electron chi connectivity index (χ3n) is 4.07. The summed E-state index contributed by atoms with van der Waals surface area (Å²) < 4.78 is 8.46. The van der Waals surface area contributed by atoms with E-state index in [1.165, 1.54) is 17.7 Å². The lowest BCUT2D eigenvalue weighted by Crippen LogP contribution is -2.42. The van der Waals surface area contributed by atoms with Gasteiger partial charge in [-0.1, -0.05) is 0 Å². The normalized spacial score (nSPS) is 19.2.